The molecule has 1 aliphatic heterocycles. The molecule has 1 fully saturated rings. The maximum atomic E-state index is 11.6. The number of rotatable bonds is 3. The van der Waals surface area contributed by atoms with Gasteiger partial charge in [-0.15, -0.1) is 0 Å². The first-order chi connectivity index (χ1) is 7.30. The molecule has 1 saturated heterocycles. The zero-order chi connectivity index (χ0) is 12.3. The van der Waals surface area contributed by atoms with Crippen molar-refractivity contribution in [1.29, 1.82) is 0 Å². The van der Waals surface area contributed by atoms with Crippen LogP contribution in [0.2, 0.25) is 0 Å². The molecule has 8 heteroatoms. The highest BCUT2D eigenvalue weighted by molar-refractivity contribution is 7.88. The van der Waals surface area contributed by atoms with Crippen LogP contribution in [-0.2, 0) is 14.8 Å². The van der Waals surface area contributed by atoms with Crippen molar-refractivity contribution >= 4 is 33.1 Å². The van der Waals surface area contributed by atoms with E-state index < -0.39 is 10.0 Å². The maximum Gasteiger partial charge on any atom is 0.229 e. The smallest absolute Gasteiger partial charge is 0.229 e. The number of nitrogens with two attached hydrogens (primary N) is 1. The molecule has 0 saturated carbocycles. The highest BCUT2D eigenvalue weighted by Crippen LogP contribution is 2.07. The molecule has 0 unspecified atom stereocenters. The summed E-state index contributed by atoms with van der Waals surface area (Å²) in [6, 6.07) is 0. The minimum Gasteiger partial charge on any atom is -0.393 e. The third kappa shape index (κ3) is 3.69. The molecule has 1 aliphatic rings. The summed E-state index contributed by atoms with van der Waals surface area (Å²) in [5.74, 6) is -0.138. The molecule has 0 aromatic rings. The Morgan fingerprint density at radius 2 is 1.81 bits per heavy atom. The Kier molecular flexibility index (Phi) is 4.22. The minimum atomic E-state index is -3.15. The summed E-state index contributed by atoms with van der Waals surface area (Å²) in [5, 5.41) is 0. The molecule has 0 spiro atoms. The fourth-order valence-electron chi connectivity index (χ4n) is 1.53. The Morgan fingerprint density at radius 1 is 1.31 bits per heavy atom. The number of hydrogen-bond donors (Lipinski definition) is 1. The van der Waals surface area contributed by atoms with Crippen LogP contribution in [0.4, 0.5) is 0 Å². The van der Waals surface area contributed by atoms with Gasteiger partial charge in [-0.3, -0.25) is 4.79 Å². The van der Waals surface area contributed by atoms with E-state index in [0.29, 0.717) is 26.2 Å². The number of nitrogens with zero attached hydrogens (tertiary/aromatic N) is 2. The fourth-order valence-corrected chi connectivity index (χ4v) is 2.48. The first-order valence-corrected chi connectivity index (χ1v) is 7.07. The number of hydrogen-bond acceptors (Lipinski definition) is 4. The molecule has 1 rings (SSSR count). The van der Waals surface area contributed by atoms with Crippen LogP contribution in [0.25, 0.3) is 0 Å². The number of piperazine rings is 1. The van der Waals surface area contributed by atoms with Gasteiger partial charge in [0.15, 0.2) is 0 Å². The second-order valence-corrected chi connectivity index (χ2v) is 6.19. The number of carbonyl (C=O) groups excluding carboxylic acids is 1. The average molecular weight is 265 g/mol. The Morgan fingerprint density at radius 3 is 2.19 bits per heavy atom. The Labute approximate surface area is 100 Å². The fraction of sp³-hybridized carbons (Fsp3) is 0.750. The highest BCUT2D eigenvalue weighted by atomic mass is 32.2. The van der Waals surface area contributed by atoms with Crippen molar-refractivity contribution in [3.63, 3.8) is 0 Å². The van der Waals surface area contributed by atoms with E-state index in [1.54, 1.807) is 4.90 Å². The standard InChI is InChI=1S/C8H15N3O3S2/c1-16(13,14)11-4-2-10(3-5-11)8(12)6-7(9)15/h2-6H2,1H3,(H2,9,15). The molecule has 0 aromatic carbocycles. The molecular formula is C8H15N3O3S2. The molecule has 16 heavy (non-hydrogen) atoms. The normalized spacial score (nSPS) is 18.4. The molecule has 2 N–H and O–H groups in total. The zero-order valence-electron chi connectivity index (χ0n) is 9.05. The van der Waals surface area contributed by atoms with Crippen LogP contribution in [0, 0.1) is 0 Å². The van der Waals surface area contributed by atoms with Crippen molar-refractivity contribution in [2.45, 2.75) is 6.42 Å². The van der Waals surface area contributed by atoms with Gasteiger partial charge < -0.3 is 10.6 Å². The summed E-state index contributed by atoms with van der Waals surface area (Å²) in [5.41, 5.74) is 5.27. The molecule has 0 radical (unpaired) electrons. The van der Waals surface area contributed by atoms with Gasteiger partial charge in [0.2, 0.25) is 15.9 Å². The van der Waals surface area contributed by atoms with E-state index in [9.17, 15) is 13.2 Å². The van der Waals surface area contributed by atoms with Crippen LogP contribution >= 0.6 is 12.2 Å². The van der Waals surface area contributed by atoms with Gasteiger partial charge in [0.05, 0.1) is 17.7 Å². The van der Waals surface area contributed by atoms with Crippen LogP contribution in [0.5, 0.6) is 0 Å². The second kappa shape index (κ2) is 5.07. The summed E-state index contributed by atoms with van der Waals surface area (Å²) >= 11 is 4.65. The van der Waals surface area contributed by atoms with Gasteiger partial charge in [-0.2, -0.15) is 4.31 Å². The SMILES string of the molecule is CS(=O)(=O)N1CCN(C(=O)CC(N)=S)CC1. The van der Waals surface area contributed by atoms with E-state index in [0.717, 1.165) is 0 Å². The molecule has 0 aromatic heterocycles. The predicted octanol–water partition coefficient (Wildman–Crippen LogP) is -1.23. The van der Waals surface area contributed by atoms with Crippen LogP contribution in [0.15, 0.2) is 0 Å². The van der Waals surface area contributed by atoms with E-state index in [4.69, 9.17) is 5.73 Å². The average Bonchev–Trinajstić information content (AvgIpc) is 2.15. The summed E-state index contributed by atoms with van der Waals surface area (Å²) < 4.78 is 23.8. The van der Waals surface area contributed by atoms with E-state index in [2.05, 4.69) is 12.2 Å². The predicted molar refractivity (Wildman–Crippen MR) is 64.4 cm³/mol. The third-order valence-electron chi connectivity index (χ3n) is 2.39. The summed E-state index contributed by atoms with van der Waals surface area (Å²) in [4.78, 5) is 13.3. The quantitative estimate of drug-likeness (QED) is 0.646. The van der Waals surface area contributed by atoms with E-state index >= 15 is 0 Å². The molecule has 92 valence electrons. The topological polar surface area (TPSA) is 83.7 Å². The van der Waals surface area contributed by atoms with Crippen molar-refractivity contribution in [3.05, 3.63) is 0 Å². The lowest BCUT2D eigenvalue weighted by atomic mass is 10.3. The maximum absolute atomic E-state index is 11.6. The summed E-state index contributed by atoms with van der Waals surface area (Å²) in [6.45, 7) is 1.47. The Balaban J connectivity index is 2.49. The van der Waals surface area contributed by atoms with Gasteiger partial charge in [0.25, 0.3) is 0 Å². The Bertz CT molecular complexity index is 385. The van der Waals surface area contributed by atoms with Gasteiger partial charge in [-0.05, 0) is 0 Å². The van der Waals surface area contributed by atoms with Gasteiger partial charge in [-0.25, -0.2) is 8.42 Å². The molecule has 6 nitrogen and oxygen atoms in total. The number of amides is 1. The Hall–Kier alpha value is -0.730. The van der Waals surface area contributed by atoms with Gasteiger partial charge in [0, 0.05) is 26.2 Å². The lowest BCUT2D eigenvalue weighted by Gasteiger charge is -2.33. The molecule has 1 heterocycles. The molecule has 0 atom stereocenters. The largest absolute Gasteiger partial charge is 0.393 e. The molecule has 0 aliphatic carbocycles. The highest BCUT2D eigenvalue weighted by Gasteiger charge is 2.25. The van der Waals surface area contributed by atoms with Crippen molar-refractivity contribution in [3.8, 4) is 0 Å². The monoisotopic (exact) mass is 265 g/mol. The van der Waals surface area contributed by atoms with Gasteiger partial charge >= 0.3 is 0 Å². The van der Waals surface area contributed by atoms with Gasteiger partial charge in [0.1, 0.15) is 0 Å². The van der Waals surface area contributed by atoms with Crippen molar-refractivity contribution < 1.29 is 13.2 Å². The summed E-state index contributed by atoms with van der Waals surface area (Å²) in [6.07, 6.45) is 1.22. The minimum absolute atomic E-state index is 0.0498. The number of thiocarbonyl (C=S) groups is 1. The van der Waals surface area contributed by atoms with Crippen LogP contribution < -0.4 is 5.73 Å². The van der Waals surface area contributed by atoms with E-state index in [-0.39, 0.29) is 17.3 Å². The van der Waals surface area contributed by atoms with E-state index in [1.807, 2.05) is 0 Å². The van der Waals surface area contributed by atoms with Crippen molar-refractivity contribution in [1.82, 2.24) is 9.21 Å². The summed E-state index contributed by atoms with van der Waals surface area (Å²) in [7, 11) is -3.15. The van der Waals surface area contributed by atoms with Crippen molar-refractivity contribution in [2.24, 2.45) is 5.73 Å². The van der Waals surface area contributed by atoms with E-state index in [1.165, 1.54) is 10.6 Å². The first kappa shape index (κ1) is 13.3. The lowest BCUT2D eigenvalue weighted by molar-refractivity contribution is -0.131. The number of carbonyl (C=O) groups is 1. The van der Waals surface area contributed by atoms with Crippen molar-refractivity contribution in [2.75, 3.05) is 32.4 Å². The third-order valence-corrected chi connectivity index (χ3v) is 3.83. The molecule has 1 amide bonds. The number of sulfonamides is 1. The van der Waals surface area contributed by atoms with Crippen LogP contribution in [-0.4, -0.2) is 61.0 Å². The molecular weight excluding hydrogens is 250 g/mol. The second-order valence-electron chi connectivity index (χ2n) is 3.69. The van der Waals surface area contributed by atoms with Crippen LogP contribution in [0.3, 0.4) is 0 Å². The first-order valence-electron chi connectivity index (χ1n) is 4.82. The lowest BCUT2D eigenvalue weighted by Crippen LogP contribution is -2.50. The molecule has 0 bridgehead atoms. The zero-order valence-corrected chi connectivity index (χ0v) is 10.7. The van der Waals surface area contributed by atoms with Gasteiger partial charge in [-0.1, -0.05) is 12.2 Å². The van der Waals surface area contributed by atoms with Crippen LogP contribution in [0.1, 0.15) is 6.42 Å².